The number of rotatable bonds is 5. The van der Waals surface area contributed by atoms with E-state index in [0.717, 1.165) is 17.0 Å². The van der Waals surface area contributed by atoms with Gasteiger partial charge in [0.1, 0.15) is 11.5 Å². The number of thioether (sulfide) groups is 1. The number of carbonyl (C=O) groups excluding carboxylic acids is 2. The smallest absolute Gasteiger partial charge is 0.338 e. The molecule has 3 aromatic rings. The molecule has 4 rings (SSSR count). The Hall–Kier alpha value is -3.10. The van der Waals surface area contributed by atoms with E-state index in [1.54, 1.807) is 43.3 Å². The maximum Gasteiger partial charge on any atom is 0.338 e. The second kappa shape index (κ2) is 8.56. The molecule has 1 aliphatic rings. The van der Waals surface area contributed by atoms with Crippen LogP contribution in [0.2, 0.25) is 0 Å². The van der Waals surface area contributed by atoms with Crippen molar-refractivity contribution in [3.8, 4) is 11.3 Å². The fraction of sp³-hybridized carbons (Fsp3) is 0.174. The molecule has 1 amide bonds. The summed E-state index contributed by atoms with van der Waals surface area (Å²) in [6, 6.07) is 14.5. The molecule has 1 aromatic carbocycles. The molecule has 0 atom stereocenters. The molecule has 1 saturated heterocycles. The van der Waals surface area contributed by atoms with Crippen LogP contribution in [0.5, 0.6) is 0 Å². The monoisotopic (exact) mass is 452 g/mol. The van der Waals surface area contributed by atoms with E-state index in [9.17, 15) is 9.59 Å². The number of aromatic nitrogens is 1. The van der Waals surface area contributed by atoms with E-state index in [1.807, 2.05) is 36.7 Å². The highest BCUT2D eigenvalue weighted by Gasteiger charge is 2.35. The van der Waals surface area contributed by atoms with Crippen molar-refractivity contribution in [3.05, 3.63) is 76.1 Å². The number of aryl methyl sites for hydroxylation is 2. The van der Waals surface area contributed by atoms with Gasteiger partial charge in [0.05, 0.1) is 17.1 Å². The van der Waals surface area contributed by atoms with Gasteiger partial charge in [-0.1, -0.05) is 23.9 Å². The first-order valence-electron chi connectivity index (χ1n) is 9.69. The van der Waals surface area contributed by atoms with Gasteiger partial charge in [-0.25, -0.2) is 4.79 Å². The van der Waals surface area contributed by atoms with Crippen molar-refractivity contribution in [2.75, 3.05) is 11.6 Å². The minimum atomic E-state index is -0.357. The highest BCUT2D eigenvalue weighted by molar-refractivity contribution is 8.27. The average molecular weight is 453 g/mol. The molecule has 0 aliphatic carbocycles. The summed E-state index contributed by atoms with van der Waals surface area (Å²) >= 11 is 6.69. The van der Waals surface area contributed by atoms with Gasteiger partial charge in [-0.2, -0.15) is 5.01 Å². The first-order valence-corrected chi connectivity index (χ1v) is 10.9. The zero-order chi connectivity index (χ0) is 22.1. The molecule has 2 aromatic heterocycles. The van der Waals surface area contributed by atoms with Crippen molar-refractivity contribution >= 4 is 46.3 Å². The van der Waals surface area contributed by atoms with Crippen LogP contribution in [0.3, 0.4) is 0 Å². The van der Waals surface area contributed by atoms with E-state index in [0.29, 0.717) is 32.9 Å². The van der Waals surface area contributed by atoms with Crippen LogP contribution in [0.1, 0.15) is 34.4 Å². The molecule has 8 heteroatoms. The van der Waals surface area contributed by atoms with E-state index in [2.05, 4.69) is 0 Å². The Morgan fingerprint density at radius 1 is 1.10 bits per heavy atom. The summed E-state index contributed by atoms with van der Waals surface area (Å²) in [5.41, 5.74) is 3.17. The number of esters is 1. The molecule has 3 heterocycles. The summed E-state index contributed by atoms with van der Waals surface area (Å²) in [4.78, 5) is 25.3. The fourth-order valence-corrected chi connectivity index (χ4v) is 4.53. The third-order valence-corrected chi connectivity index (χ3v) is 6.07. The normalized spacial score (nSPS) is 15.2. The zero-order valence-corrected chi connectivity index (χ0v) is 18.9. The van der Waals surface area contributed by atoms with E-state index in [-0.39, 0.29) is 11.9 Å². The highest BCUT2D eigenvalue weighted by atomic mass is 32.2. The van der Waals surface area contributed by atoms with Crippen LogP contribution in [0, 0.1) is 13.8 Å². The fourth-order valence-electron chi connectivity index (χ4n) is 3.31. The van der Waals surface area contributed by atoms with E-state index < -0.39 is 0 Å². The van der Waals surface area contributed by atoms with Crippen molar-refractivity contribution < 1.29 is 18.7 Å². The summed E-state index contributed by atoms with van der Waals surface area (Å²) in [6.07, 6.45) is 1.70. The largest absolute Gasteiger partial charge is 0.462 e. The van der Waals surface area contributed by atoms with Crippen LogP contribution >= 0.6 is 24.0 Å². The van der Waals surface area contributed by atoms with Gasteiger partial charge in [0, 0.05) is 23.0 Å². The molecule has 1 fully saturated rings. The van der Waals surface area contributed by atoms with Gasteiger partial charge in [0.15, 0.2) is 4.32 Å². The maximum absolute atomic E-state index is 13.0. The molecule has 0 bridgehead atoms. The predicted octanol–water partition coefficient (Wildman–Crippen LogP) is 5.08. The van der Waals surface area contributed by atoms with Gasteiger partial charge in [-0.15, -0.1) is 0 Å². The standard InChI is InChI=1S/C23H20N2O4S2/c1-4-28-22(27)17-9-7-16(8-10-17)19-12-11-18(29-19)13-20-21(26)25(23(30)31-20)24-14(2)5-6-15(24)3/h5-13H,4H2,1-3H3/b20-13+. The number of hydrogen-bond donors (Lipinski definition) is 0. The number of ether oxygens (including phenoxy) is 1. The third-order valence-electron chi connectivity index (χ3n) is 4.79. The molecule has 31 heavy (non-hydrogen) atoms. The molecule has 0 N–H and O–H groups in total. The first kappa shape index (κ1) is 21.1. The van der Waals surface area contributed by atoms with Crippen LogP contribution in [0.25, 0.3) is 17.4 Å². The van der Waals surface area contributed by atoms with Gasteiger partial charge < -0.3 is 9.15 Å². The van der Waals surface area contributed by atoms with Crippen molar-refractivity contribution in [1.82, 2.24) is 4.68 Å². The van der Waals surface area contributed by atoms with E-state index >= 15 is 0 Å². The minimum absolute atomic E-state index is 0.186. The predicted molar refractivity (Wildman–Crippen MR) is 125 cm³/mol. The number of benzene rings is 1. The Bertz CT molecular complexity index is 1190. The lowest BCUT2D eigenvalue weighted by atomic mass is 10.1. The maximum atomic E-state index is 13.0. The third kappa shape index (κ3) is 4.08. The van der Waals surface area contributed by atoms with Gasteiger partial charge >= 0.3 is 5.97 Å². The quantitative estimate of drug-likeness (QED) is 0.306. The van der Waals surface area contributed by atoms with Gasteiger partial charge in [0.2, 0.25) is 0 Å². The molecule has 0 unspecified atom stereocenters. The van der Waals surface area contributed by atoms with Crippen LogP contribution in [0.15, 0.2) is 57.9 Å². The summed E-state index contributed by atoms with van der Waals surface area (Å²) in [5, 5.41) is 1.51. The Morgan fingerprint density at radius 2 is 1.77 bits per heavy atom. The Morgan fingerprint density at radius 3 is 2.42 bits per heavy atom. The minimum Gasteiger partial charge on any atom is -0.462 e. The van der Waals surface area contributed by atoms with Crippen LogP contribution in [0.4, 0.5) is 0 Å². The average Bonchev–Trinajstić information content (AvgIpc) is 3.42. The number of hydrogen-bond acceptors (Lipinski definition) is 6. The molecular weight excluding hydrogens is 432 g/mol. The first-order chi connectivity index (χ1) is 14.9. The van der Waals surface area contributed by atoms with Crippen molar-refractivity contribution in [2.45, 2.75) is 20.8 Å². The van der Waals surface area contributed by atoms with Crippen LogP contribution in [-0.2, 0) is 9.53 Å². The SMILES string of the molecule is CCOC(=O)c1ccc(-c2ccc(/C=C3/SC(=S)N(n4c(C)ccc4C)C3=O)o2)cc1. The van der Waals surface area contributed by atoms with Gasteiger partial charge in [0.25, 0.3) is 5.91 Å². The van der Waals surface area contributed by atoms with Gasteiger partial charge in [-0.05, 0) is 69.4 Å². The Kier molecular flexibility index (Phi) is 5.84. The summed E-state index contributed by atoms with van der Waals surface area (Å²) < 4.78 is 13.2. The molecule has 158 valence electrons. The molecular formula is C23H20N2O4S2. The Labute approximate surface area is 189 Å². The molecule has 1 aliphatic heterocycles. The van der Waals surface area contributed by atoms with Gasteiger partial charge in [-0.3, -0.25) is 9.47 Å². The second-order valence-corrected chi connectivity index (χ2v) is 8.60. The lowest BCUT2D eigenvalue weighted by Crippen LogP contribution is -2.39. The lowest BCUT2D eigenvalue weighted by molar-refractivity contribution is -0.114. The van der Waals surface area contributed by atoms with E-state index in [1.165, 1.54) is 16.8 Å². The number of carbonyl (C=O) groups is 2. The lowest BCUT2D eigenvalue weighted by Gasteiger charge is -2.20. The van der Waals surface area contributed by atoms with Crippen molar-refractivity contribution in [2.24, 2.45) is 0 Å². The van der Waals surface area contributed by atoms with Crippen LogP contribution < -0.4 is 5.01 Å². The Balaban J connectivity index is 1.55. The number of amides is 1. The number of furan rings is 1. The summed E-state index contributed by atoms with van der Waals surface area (Å²) in [5.74, 6) is 0.638. The molecule has 0 radical (unpaired) electrons. The highest BCUT2D eigenvalue weighted by Crippen LogP contribution is 2.33. The second-order valence-electron chi connectivity index (χ2n) is 6.92. The summed E-state index contributed by atoms with van der Waals surface area (Å²) in [6.45, 7) is 5.96. The van der Waals surface area contributed by atoms with Crippen molar-refractivity contribution in [3.63, 3.8) is 0 Å². The van der Waals surface area contributed by atoms with Crippen LogP contribution in [-0.4, -0.2) is 27.5 Å². The molecule has 0 spiro atoms. The topological polar surface area (TPSA) is 64.7 Å². The number of nitrogens with zero attached hydrogens (tertiary/aromatic N) is 2. The zero-order valence-electron chi connectivity index (χ0n) is 17.2. The molecule has 0 saturated carbocycles. The molecule has 6 nitrogen and oxygen atoms in total. The number of thiocarbonyl (C=S) groups is 1. The summed E-state index contributed by atoms with van der Waals surface area (Å²) in [7, 11) is 0. The van der Waals surface area contributed by atoms with Crippen molar-refractivity contribution in [1.29, 1.82) is 0 Å². The van der Waals surface area contributed by atoms with E-state index in [4.69, 9.17) is 21.4 Å².